The summed E-state index contributed by atoms with van der Waals surface area (Å²) < 4.78 is 24.2. The molecule has 3 fully saturated rings. The summed E-state index contributed by atoms with van der Waals surface area (Å²) in [5.74, 6) is 1.28. The average Bonchev–Trinajstić information content (AvgIpc) is 1.57. The second kappa shape index (κ2) is 30.8. The van der Waals surface area contributed by atoms with E-state index in [2.05, 4.69) is 70.0 Å². The molecule has 516 valence electrons. The van der Waals surface area contributed by atoms with Gasteiger partial charge in [0.25, 0.3) is 11.8 Å². The zero-order valence-corrected chi connectivity index (χ0v) is 57.7. The molecule has 4 N–H and O–H groups in total. The number of piperidine rings is 1. The maximum Gasteiger partial charge on any atom is 0.260 e. The molecule has 19 heteroatoms. The van der Waals surface area contributed by atoms with Gasteiger partial charge in [0.15, 0.2) is 23.0 Å². The van der Waals surface area contributed by atoms with Crippen LogP contribution in [0.25, 0.3) is 17.2 Å². The van der Waals surface area contributed by atoms with Gasteiger partial charge in [-0.1, -0.05) is 101 Å². The van der Waals surface area contributed by atoms with E-state index in [4.69, 9.17) is 29.3 Å². The van der Waals surface area contributed by atoms with Crippen molar-refractivity contribution in [3.05, 3.63) is 172 Å². The van der Waals surface area contributed by atoms with E-state index in [1.54, 1.807) is 55.5 Å². The number of unbranched alkanes of at least 4 members (excludes halogenated alkanes) is 2. The lowest BCUT2D eigenvalue weighted by atomic mass is 9.84. The van der Waals surface area contributed by atoms with Crippen molar-refractivity contribution in [2.24, 2.45) is 22.7 Å². The lowest BCUT2D eigenvalue weighted by molar-refractivity contribution is -0.131. The van der Waals surface area contributed by atoms with Gasteiger partial charge in [0, 0.05) is 86.9 Å². The van der Waals surface area contributed by atoms with E-state index in [9.17, 15) is 28.8 Å². The number of anilines is 2. The Labute approximate surface area is 580 Å². The van der Waals surface area contributed by atoms with Gasteiger partial charge >= 0.3 is 0 Å². The Hall–Kier alpha value is -10.0. The lowest BCUT2D eigenvalue weighted by Gasteiger charge is -2.36. The molecule has 12 rings (SSSR count). The van der Waals surface area contributed by atoms with Gasteiger partial charge in [0.1, 0.15) is 17.9 Å². The normalized spacial score (nSPS) is 21.8. The van der Waals surface area contributed by atoms with Crippen molar-refractivity contribution in [1.29, 1.82) is 5.41 Å². The number of hydrogen-bond donors (Lipinski definition) is 4. The van der Waals surface area contributed by atoms with Crippen LogP contribution in [0.3, 0.4) is 0 Å². The molecule has 2 aliphatic carbocycles. The summed E-state index contributed by atoms with van der Waals surface area (Å²) in [5, 5.41) is 17.2. The SMILES string of the molecule is CCCC1CCN(c2ccc(C3=CN4C(=O)c5cc(OC)c(OCCCOc6cc7c(cc6OC)C(=O)N6C=C(c8ccc(NC(=O)C(C)NC(=O)C(NC(=O)CCCCCN9C(=N)\C(=C%10/C=C\C=C/C=C\C%10)CC9=O)C(C)C)cc8)CC6C=N7)cc5C=C=CC4(C4CC4)C3)cc2)CC1. The zero-order chi connectivity index (χ0) is 69.3. The van der Waals surface area contributed by atoms with E-state index in [0.29, 0.717) is 102 Å². The predicted octanol–water partition coefficient (Wildman–Crippen LogP) is 13.5. The van der Waals surface area contributed by atoms with Crippen molar-refractivity contribution >= 4 is 81.8 Å². The van der Waals surface area contributed by atoms with Crippen LogP contribution < -0.4 is 39.8 Å². The molecule has 1 saturated carbocycles. The van der Waals surface area contributed by atoms with Gasteiger partial charge in [-0.05, 0) is 158 Å². The van der Waals surface area contributed by atoms with Crippen LogP contribution in [0.2, 0.25) is 0 Å². The van der Waals surface area contributed by atoms with Crippen molar-refractivity contribution < 1.29 is 47.7 Å². The molecule has 0 radical (unpaired) electrons. The number of rotatable bonds is 26. The highest BCUT2D eigenvalue weighted by molar-refractivity contribution is 6.15. The molecule has 6 aliphatic heterocycles. The molecule has 0 bridgehead atoms. The van der Waals surface area contributed by atoms with E-state index in [0.717, 1.165) is 71.7 Å². The Kier molecular flexibility index (Phi) is 21.5. The highest BCUT2D eigenvalue weighted by Gasteiger charge is 2.53. The Morgan fingerprint density at radius 1 is 0.758 bits per heavy atom. The summed E-state index contributed by atoms with van der Waals surface area (Å²) >= 11 is 0. The minimum absolute atomic E-state index is 0.0810. The second-order valence-corrected chi connectivity index (χ2v) is 27.4. The number of ether oxygens (including phenoxy) is 4. The van der Waals surface area contributed by atoms with Gasteiger partial charge in [-0.3, -0.25) is 44.1 Å². The molecule has 19 nitrogen and oxygen atoms in total. The number of carbonyl (C=O) groups excluding carboxylic acids is 6. The smallest absolute Gasteiger partial charge is 0.260 e. The monoisotopic (exact) mass is 1340 g/mol. The largest absolute Gasteiger partial charge is 0.493 e. The first-order valence-corrected chi connectivity index (χ1v) is 35.3. The number of nitrogens with one attached hydrogen (secondary N) is 4. The van der Waals surface area contributed by atoms with E-state index in [-0.39, 0.29) is 67.5 Å². The number of allylic oxidation sites excluding steroid dienone is 7. The molecule has 4 unspecified atom stereocenters. The third-order valence-corrected chi connectivity index (χ3v) is 20.3. The standard InChI is InChI=1S/C80H91N9O10/c1-7-18-53-33-37-86(38-34-53)62-31-25-55(26-32-62)59-47-80(60-27-28-60)35-16-21-57-42-70(68(96-5)43-65(57)79(95)89(80)50-59)98-39-17-40-99-71-46-67-66(44-69(71)97-6)78(94)88-49-58(41-63(88)48-82-67)54-23-29-61(30-24-54)84-76(92)52(4)83-77(93)74(51(2)3)85-72(90)22-14-11-15-36-87-73(91)45-64(75(87)81)56-19-12-9-8-10-13-20-56/h8-10,12-13,19,21,23-26,29-32,35,42-44,46,48-53,60,63,74,81H,7,11,14-15,17-18,20,22,27-28,33-34,36-41,45,47H2,1-6H3,(H,83,93)(H,84,92)(H,85,90)/b9-8-,13-10-,19-12-,64-56+,81-75?. The Balaban J connectivity index is 0.598. The molecule has 6 amide bonds. The number of nitrogens with zero attached hydrogens (tertiary/aromatic N) is 5. The first-order valence-electron chi connectivity index (χ1n) is 35.3. The number of likely N-dealkylation sites (tertiary alicyclic amines) is 1. The quantitative estimate of drug-likeness (QED) is 0.0342. The molecule has 0 aromatic heterocycles. The molecule has 2 saturated heterocycles. The molecular formula is C80H91N9O10. The van der Waals surface area contributed by atoms with Crippen molar-refractivity contribution in [2.75, 3.05) is 57.3 Å². The van der Waals surface area contributed by atoms with Crippen LogP contribution >= 0.6 is 0 Å². The summed E-state index contributed by atoms with van der Waals surface area (Å²) in [6, 6.07) is 21.1. The van der Waals surface area contributed by atoms with Gasteiger partial charge in [0.05, 0.1) is 62.2 Å². The first kappa shape index (κ1) is 68.9. The summed E-state index contributed by atoms with van der Waals surface area (Å²) in [4.78, 5) is 94.4. The predicted molar refractivity (Wildman–Crippen MR) is 386 cm³/mol. The zero-order valence-electron chi connectivity index (χ0n) is 57.7. The summed E-state index contributed by atoms with van der Waals surface area (Å²) in [6.45, 7) is 10.6. The topological polar surface area (TPSA) is 225 Å². The number of methoxy groups -OCH3 is 2. The number of benzene rings is 4. The fourth-order valence-electron chi connectivity index (χ4n) is 14.5. The van der Waals surface area contributed by atoms with Gasteiger partial charge in [-0.15, -0.1) is 5.73 Å². The van der Waals surface area contributed by atoms with E-state index in [1.807, 2.05) is 85.7 Å². The average molecular weight is 1340 g/mol. The van der Waals surface area contributed by atoms with Crippen LogP contribution in [0.4, 0.5) is 17.1 Å². The highest BCUT2D eigenvalue weighted by atomic mass is 16.5. The van der Waals surface area contributed by atoms with Crippen LogP contribution in [0.5, 0.6) is 23.0 Å². The fraction of sp³-hybridized carbons (Fsp3) is 0.412. The van der Waals surface area contributed by atoms with Crippen molar-refractivity contribution in [1.82, 2.24) is 25.3 Å². The molecule has 4 aromatic carbocycles. The van der Waals surface area contributed by atoms with E-state index < -0.39 is 29.4 Å². The third kappa shape index (κ3) is 15.5. The molecule has 0 spiro atoms. The molecular weight excluding hydrogens is 1250 g/mol. The van der Waals surface area contributed by atoms with Gasteiger partial charge < -0.3 is 49.6 Å². The number of amides is 6. The number of carbonyl (C=O) groups is 6. The minimum atomic E-state index is -0.926. The summed E-state index contributed by atoms with van der Waals surface area (Å²) in [7, 11) is 3.10. The maximum atomic E-state index is 14.8. The number of aliphatic imine (C=N–C) groups is 1. The van der Waals surface area contributed by atoms with Crippen molar-refractivity contribution in [3.63, 3.8) is 0 Å². The van der Waals surface area contributed by atoms with Crippen molar-refractivity contribution in [2.45, 2.75) is 148 Å². The maximum absolute atomic E-state index is 14.8. The lowest BCUT2D eigenvalue weighted by Crippen LogP contribution is -2.53. The molecule has 8 aliphatic rings. The third-order valence-electron chi connectivity index (χ3n) is 20.3. The fourth-order valence-corrected chi connectivity index (χ4v) is 14.5. The summed E-state index contributed by atoms with van der Waals surface area (Å²) in [5.41, 5.74) is 12.6. The number of fused-ring (bicyclic) bond motifs is 4. The van der Waals surface area contributed by atoms with E-state index in [1.165, 1.54) is 43.4 Å². The van der Waals surface area contributed by atoms with Crippen LogP contribution in [0, 0.1) is 23.2 Å². The highest BCUT2D eigenvalue weighted by Crippen LogP contribution is 2.54. The molecule has 4 aromatic rings. The Morgan fingerprint density at radius 2 is 1.46 bits per heavy atom. The molecule has 6 heterocycles. The first-order chi connectivity index (χ1) is 48.0. The Bertz CT molecular complexity index is 4080. The number of hydrogen-bond acceptors (Lipinski definition) is 13. The van der Waals surface area contributed by atoms with Crippen LogP contribution in [-0.4, -0.2) is 133 Å². The van der Waals surface area contributed by atoms with E-state index >= 15 is 0 Å². The minimum Gasteiger partial charge on any atom is -0.493 e. The van der Waals surface area contributed by atoms with Gasteiger partial charge in [-0.2, -0.15) is 0 Å². The van der Waals surface area contributed by atoms with Crippen LogP contribution in [0.15, 0.2) is 150 Å². The van der Waals surface area contributed by atoms with Crippen LogP contribution in [-0.2, 0) is 19.2 Å². The Morgan fingerprint density at radius 3 is 2.18 bits per heavy atom. The summed E-state index contributed by atoms with van der Waals surface area (Å²) in [6.07, 6.45) is 33.1. The van der Waals surface area contributed by atoms with Gasteiger partial charge in [0.2, 0.25) is 23.6 Å². The molecule has 4 atom stereocenters. The van der Waals surface area contributed by atoms with Gasteiger partial charge in [-0.25, -0.2) is 0 Å². The number of amidine groups is 1. The molecule has 99 heavy (non-hydrogen) atoms. The second-order valence-electron chi connectivity index (χ2n) is 27.4. The van der Waals surface area contributed by atoms with Crippen LogP contribution in [0.1, 0.15) is 161 Å². The van der Waals surface area contributed by atoms with Crippen molar-refractivity contribution in [3.8, 4) is 23.0 Å².